The van der Waals surface area contributed by atoms with E-state index in [4.69, 9.17) is 38.3 Å². The zero-order valence-electron chi connectivity index (χ0n) is 30.8. The SMILES string of the molecule is C=C[SiH](C)CO[Si](C)(C)CC[Si]1(C)O[Si](C)(C)O[Si](C)(CC[Si](OC)(OC)OC)O[Si](C)(CC[Si](C)(C)O[Si](C)(C)C=C)O1. The quantitative estimate of drug-likeness (QED) is 0.125. The minimum atomic E-state index is -2.83. The van der Waals surface area contributed by atoms with Crippen LogP contribution in [-0.4, -0.2) is 104 Å². The summed E-state index contributed by atoms with van der Waals surface area (Å²) in [5.41, 5.74) is 4.11. The average molecular weight is 776 g/mol. The number of rotatable bonds is 19. The third-order valence-electron chi connectivity index (χ3n) is 8.14. The van der Waals surface area contributed by atoms with Gasteiger partial charge in [0.2, 0.25) is 0 Å². The normalized spacial score (nSPS) is 27.8. The number of hydrogen-bond acceptors (Lipinski definition) is 9. The zero-order valence-corrected chi connectivity index (χ0v) is 39.9. The van der Waals surface area contributed by atoms with E-state index in [0.29, 0.717) is 12.1 Å². The molecule has 1 aliphatic heterocycles. The molecule has 0 aliphatic carbocycles. The molecule has 0 saturated carbocycles. The molecule has 0 N–H and O–H groups in total. The minimum absolute atomic E-state index is 0.606. The summed E-state index contributed by atoms with van der Waals surface area (Å²) in [6.07, 6.45) is 0.838. The molecule has 1 aliphatic rings. The van der Waals surface area contributed by atoms with Crippen LogP contribution in [0.3, 0.4) is 0 Å². The summed E-state index contributed by atoms with van der Waals surface area (Å²) in [7, 11) is -15.8. The Kier molecular flexibility index (Phi) is 16.3. The standard InChI is InChI=1S/C26H66O9Si9/c1-18-36(6)26-30-38(9,10)20-22-41(15)32-40(13,14)33-42(16,24-25-44(27-3,28-4)29-5)35-43(17,34-41)23-21-39(11,12)31-37(7,8)19-2/h18-19,36H,1-2,20-26H2,3-17H3. The molecule has 1 fully saturated rings. The van der Waals surface area contributed by atoms with Gasteiger partial charge in [-0.2, -0.15) is 0 Å². The van der Waals surface area contributed by atoms with E-state index < -0.39 is 76.8 Å². The first-order valence-electron chi connectivity index (χ1n) is 15.9. The van der Waals surface area contributed by atoms with Crippen molar-refractivity contribution in [3.63, 3.8) is 0 Å². The Bertz CT molecular complexity index is 930. The second-order valence-corrected chi connectivity index (χ2v) is 47.9. The van der Waals surface area contributed by atoms with Gasteiger partial charge in [-0.1, -0.05) is 12.2 Å². The van der Waals surface area contributed by atoms with Crippen LogP contribution in [-0.2, 0) is 38.3 Å². The Labute approximate surface area is 280 Å². The third kappa shape index (κ3) is 14.7. The fourth-order valence-corrected chi connectivity index (χ4v) is 48.1. The molecule has 4 unspecified atom stereocenters. The fourth-order valence-electron chi connectivity index (χ4n) is 5.64. The maximum atomic E-state index is 7.36. The van der Waals surface area contributed by atoms with Crippen LogP contribution in [0.25, 0.3) is 0 Å². The molecule has 18 heteroatoms. The van der Waals surface area contributed by atoms with E-state index in [1.54, 1.807) is 21.3 Å². The molecule has 260 valence electrons. The summed E-state index contributed by atoms with van der Waals surface area (Å²) in [5, 5.41) is 0. The lowest BCUT2D eigenvalue weighted by molar-refractivity contribution is 0.124. The maximum absolute atomic E-state index is 7.36. The van der Waals surface area contributed by atoms with Crippen LogP contribution in [0, 0.1) is 0 Å². The zero-order chi connectivity index (χ0) is 34.3. The van der Waals surface area contributed by atoms with Gasteiger partial charge in [-0.3, -0.25) is 0 Å². The molecular formula is C26H66O9Si9. The summed E-state index contributed by atoms with van der Waals surface area (Å²) in [6.45, 7) is 34.8. The van der Waals surface area contributed by atoms with Gasteiger partial charge in [-0.15, -0.1) is 18.9 Å². The van der Waals surface area contributed by atoms with E-state index in [0.717, 1.165) is 30.4 Å². The van der Waals surface area contributed by atoms with E-state index in [2.05, 4.69) is 97.4 Å². The van der Waals surface area contributed by atoms with Crippen LogP contribution in [0.1, 0.15) is 0 Å². The van der Waals surface area contributed by atoms with Gasteiger partial charge in [0, 0.05) is 33.6 Å². The molecule has 9 nitrogen and oxygen atoms in total. The van der Waals surface area contributed by atoms with E-state index in [9.17, 15) is 0 Å². The molecule has 0 aromatic rings. The summed E-state index contributed by atoms with van der Waals surface area (Å²) >= 11 is 0. The van der Waals surface area contributed by atoms with Crippen LogP contribution < -0.4 is 0 Å². The Morgan fingerprint density at radius 1 is 0.659 bits per heavy atom. The van der Waals surface area contributed by atoms with Gasteiger partial charge < -0.3 is 38.3 Å². The largest absolute Gasteiger partial charge is 0.500 e. The summed E-state index contributed by atoms with van der Waals surface area (Å²) in [6, 6.07) is 4.89. The molecule has 1 heterocycles. The highest BCUT2D eigenvalue weighted by molar-refractivity contribution is 6.95. The van der Waals surface area contributed by atoms with E-state index in [1.807, 2.05) is 5.70 Å². The van der Waals surface area contributed by atoms with Crippen LogP contribution >= 0.6 is 0 Å². The van der Waals surface area contributed by atoms with Crippen LogP contribution in [0.4, 0.5) is 0 Å². The minimum Gasteiger partial charge on any atom is -0.453 e. The maximum Gasteiger partial charge on any atom is 0.500 e. The summed E-state index contributed by atoms with van der Waals surface area (Å²) in [5.74, 6) is 0. The molecule has 0 radical (unpaired) electrons. The van der Waals surface area contributed by atoms with E-state index in [-0.39, 0.29) is 0 Å². The predicted octanol–water partition coefficient (Wildman–Crippen LogP) is 7.36. The number of hydrogen-bond donors (Lipinski definition) is 0. The van der Waals surface area contributed by atoms with Crippen molar-refractivity contribution in [3.05, 3.63) is 24.6 Å². The highest BCUT2D eigenvalue weighted by Gasteiger charge is 2.57. The third-order valence-corrected chi connectivity index (χ3v) is 41.1. The van der Waals surface area contributed by atoms with Crippen molar-refractivity contribution in [2.24, 2.45) is 0 Å². The van der Waals surface area contributed by atoms with Crippen molar-refractivity contribution >= 4 is 76.8 Å². The molecule has 0 spiro atoms. The second kappa shape index (κ2) is 16.7. The van der Waals surface area contributed by atoms with Crippen molar-refractivity contribution in [1.82, 2.24) is 0 Å². The molecule has 0 aromatic carbocycles. The topological polar surface area (TPSA) is 83.1 Å². The second-order valence-electron chi connectivity index (χ2n) is 15.0. The predicted molar refractivity (Wildman–Crippen MR) is 205 cm³/mol. The molecule has 0 aromatic heterocycles. The highest BCUT2D eigenvalue weighted by Crippen LogP contribution is 2.40. The lowest BCUT2D eigenvalue weighted by Crippen LogP contribution is -2.67. The lowest BCUT2D eigenvalue weighted by Gasteiger charge is -2.50. The Balaban J connectivity index is 3.42. The average Bonchev–Trinajstić information content (AvgIpc) is 2.89. The monoisotopic (exact) mass is 774 g/mol. The summed E-state index contributed by atoms with van der Waals surface area (Å²) < 4.78 is 59.4. The van der Waals surface area contributed by atoms with Gasteiger partial charge in [0.15, 0.2) is 25.0 Å². The van der Waals surface area contributed by atoms with Crippen molar-refractivity contribution in [1.29, 1.82) is 0 Å². The highest BCUT2D eigenvalue weighted by atomic mass is 28.5. The Morgan fingerprint density at radius 3 is 1.48 bits per heavy atom. The van der Waals surface area contributed by atoms with Gasteiger partial charge >= 0.3 is 43.0 Å². The Hall–Kier alpha value is 1.07. The van der Waals surface area contributed by atoms with Crippen molar-refractivity contribution in [2.45, 2.75) is 115 Å². The first-order valence-corrected chi connectivity index (χ1v) is 40.1. The van der Waals surface area contributed by atoms with Crippen molar-refractivity contribution in [3.8, 4) is 0 Å². The summed E-state index contributed by atoms with van der Waals surface area (Å²) in [4.78, 5) is 0. The molecule has 1 saturated heterocycles. The van der Waals surface area contributed by atoms with Gasteiger partial charge in [-0.25, -0.2) is 0 Å². The molecule has 0 bridgehead atoms. The Morgan fingerprint density at radius 2 is 1.07 bits per heavy atom. The van der Waals surface area contributed by atoms with Crippen LogP contribution in [0.15, 0.2) is 24.6 Å². The molecule has 1 rings (SSSR count). The van der Waals surface area contributed by atoms with Crippen LogP contribution in [0.5, 0.6) is 0 Å². The fraction of sp³-hybridized carbons (Fsp3) is 0.846. The van der Waals surface area contributed by atoms with E-state index >= 15 is 0 Å². The molecular weight excluding hydrogens is 709 g/mol. The van der Waals surface area contributed by atoms with Gasteiger partial charge in [0.05, 0.1) is 8.80 Å². The van der Waals surface area contributed by atoms with Crippen molar-refractivity contribution < 1.29 is 38.3 Å². The van der Waals surface area contributed by atoms with Gasteiger partial charge in [0.1, 0.15) is 0 Å². The van der Waals surface area contributed by atoms with Crippen LogP contribution in [0.2, 0.25) is 115 Å². The molecule has 44 heavy (non-hydrogen) atoms. The lowest BCUT2D eigenvalue weighted by atomic mass is 10.9. The first-order chi connectivity index (χ1) is 19.9. The first kappa shape index (κ1) is 43.1. The van der Waals surface area contributed by atoms with Gasteiger partial charge in [0.25, 0.3) is 0 Å². The van der Waals surface area contributed by atoms with Crippen molar-refractivity contribution in [2.75, 3.05) is 27.6 Å². The molecule has 4 atom stereocenters. The van der Waals surface area contributed by atoms with E-state index in [1.165, 1.54) is 0 Å². The smallest absolute Gasteiger partial charge is 0.453 e. The van der Waals surface area contributed by atoms with Gasteiger partial charge in [-0.05, 0) is 102 Å². The molecule has 0 amide bonds.